The molecular weight excluding hydrogens is 461 g/mol. The number of ether oxygens (including phenoxy) is 4. The molecule has 0 aromatic heterocycles. The van der Waals surface area contributed by atoms with Gasteiger partial charge in [-0.2, -0.15) is 13.2 Å². The Morgan fingerprint density at radius 3 is 2.41 bits per heavy atom. The molecular formula is C19H20ClF3N2O7. The number of rotatable bonds is 8. The number of methoxy groups -OCH3 is 1. The highest BCUT2D eigenvalue weighted by Gasteiger charge is 2.31. The number of esters is 1. The van der Waals surface area contributed by atoms with E-state index in [9.17, 15) is 28.1 Å². The van der Waals surface area contributed by atoms with Crippen LogP contribution in [0.2, 0.25) is 5.02 Å². The lowest BCUT2D eigenvalue weighted by molar-refractivity contribution is -0.383. The first kappa shape index (κ1) is 26.9. The average molecular weight is 481 g/mol. The summed E-state index contributed by atoms with van der Waals surface area (Å²) in [7, 11) is 1.45. The first-order valence-corrected chi connectivity index (χ1v) is 9.18. The average Bonchev–Trinajstić information content (AvgIpc) is 2.71. The van der Waals surface area contributed by atoms with Gasteiger partial charge in [0.25, 0.3) is 5.69 Å². The van der Waals surface area contributed by atoms with Crippen LogP contribution in [0.5, 0.6) is 11.5 Å². The fraction of sp³-hybridized carbons (Fsp3) is 0.316. The van der Waals surface area contributed by atoms with Crippen molar-refractivity contribution < 1.29 is 41.8 Å². The van der Waals surface area contributed by atoms with E-state index in [0.717, 1.165) is 24.3 Å². The standard InChI is InChI=1S/C13H8ClF3N2O3.C6H12O4/c14-9-5-7(13(15,16)17)1-4-12(9)22-8-2-3-11(19(20)21)10(18)6-8;1-3-9-4-6(7)10-5-8-2/h1-6H,18H2;3-5H2,1-2H3. The quantitative estimate of drug-likeness (QED) is 0.188. The van der Waals surface area contributed by atoms with Crippen LogP contribution in [0.4, 0.5) is 24.5 Å². The minimum absolute atomic E-state index is 0.000139. The van der Waals surface area contributed by atoms with Crippen molar-refractivity contribution in [3.8, 4) is 11.5 Å². The Kier molecular flexibility index (Phi) is 10.7. The molecule has 2 aromatic rings. The van der Waals surface area contributed by atoms with Gasteiger partial charge in [0.2, 0.25) is 0 Å². The molecule has 176 valence electrons. The lowest BCUT2D eigenvalue weighted by atomic mass is 10.2. The predicted molar refractivity (Wildman–Crippen MR) is 108 cm³/mol. The summed E-state index contributed by atoms with van der Waals surface area (Å²) < 4.78 is 56.6. The largest absolute Gasteiger partial charge is 0.456 e. The summed E-state index contributed by atoms with van der Waals surface area (Å²) in [6.07, 6.45) is -4.51. The van der Waals surface area contributed by atoms with Gasteiger partial charge in [-0.25, -0.2) is 4.79 Å². The number of nitro benzene ring substituents is 1. The zero-order valence-corrected chi connectivity index (χ0v) is 17.7. The fourth-order valence-corrected chi connectivity index (χ4v) is 2.22. The molecule has 0 aliphatic heterocycles. The number of nitrogen functional groups attached to an aromatic ring is 1. The second kappa shape index (κ2) is 12.7. The molecule has 0 bridgehead atoms. The molecule has 32 heavy (non-hydrogen) atoms. The van der Waals surface area contributed by atoms with Crippen molar-refractivity contribution in [2.24, 2.45) is 0 Å². The molecule has 2 aromatic carbocycles. The Bertz CT molecular complexity index is 916. The number of nitrogens with zero attached hydrogens (tertiary/aromatic N) is 1. The third-order valence-corrected chi connectivity index (χ3v) is 3.74. The number of carbonyl (C=O) groups excluding carboxylic acids is 1. The number of nitrogens with two attached hydrogens (primary N) is 1. The van der Waals surface area contributed by atoms with E-state index in [0.29, 0.717) is 6.61 Å². The van der Waals surface area contributed by atoms with E-state index >= 15 is 0 Å². The molecule has 0 aliphatic rings. The Labute approximate surface area is 185 Å². The monoisotopic (exact) mass is 480 g/mol. The van der Waals surface area contributed by atoms with E-state index in [2.05, 4.69) is 9.47 Å². The zero-order valence-electron chi connectivity index (χ0n) is 17.0. The SMILES string of the molecule is CCOCC(=O)OCOC.Nc1cc(Oc2ccc(C(F)(F)F)cc2Cl)ccc1[N+](=O)[O-]. The Hall–Kier alpha value is -3.09. The van der Waals surface area contributed by atoms with Crippen LogP contribution in [0.15, 0.2) is 36.4 Å². The summed E-state index contributed by atoms with van der Waals surface area (Å²) in [4.78, 5) is 20.5. The van der Waals surface area contributed by atoms with Gasteiger partial charge in [0.1, 0.15) is 23.8 Å². The number of benzene rings is 2. The smallest absolute Gasteiger partial charge is 0.416 e. The second-order valence-electron chi connectivity index (χ2n) is 5.78. The highest BCUT2D eigenvalue weighted by atomic mass is 35.5. The molecule has 0 spiro atoms. The first-order chi connectivity index (χ1) is 15.0. The Balaban J connectivity index is 0.000000433. The normalized spacial score (nSPS) is 10.7. The van der Waals surface area contributed by atoms with Crippen LogP contribution in [-0.4, -0.2) is 38.0 Å². The lowest BCUT2D eigenvalue weighted by Gasteiger charge is -2.11. The van der Waals surface area contributed by atoms with Gasteiger partial charge in [-0.15, -0.1) is 0 Å². The van der Waals surface area contributed by atoms with E-state index in [1.807, 2.05) is 6.92 Å². The van der Waals surface area contributed by atoms with Gasteiger partial charge >= 0.3 is 12.1 Å². The van der Waals surface area contributed by atoms with E-state index in [-0.39, 0.29) is 41.3 Å². The molecule has 0 heterocycles. The van der Waals surface area contributed by atoms with Crippen molar-refractivity contribution in [1.29, 1.82) is 0 Å². The third kappa shape index (κ3) is 8.96. The topological polar surface area (TPSA) is 123 Å². The van der Waals surface area contributed by atoms with Gasteiger partial charge in [0.05, 0.1) is 15.5 Å². The maximum absolute atomic E-state index is 12.5. The van der Waals surface area contributed by atoms with Gasteiger partial charge in [-0.1, -0.05) is 11.6 Å². The van der Waals surface area contributed by atoms with Crippen LogP contribution in [-0.2, 0) is 25.2 Å². The van der Waals surface area contributed by atoms with Crippen molar-refractivity contribution >= 4 is 28.9 Å². The van der Waals surface area contributed by atoms with Crippen LogP contribution in [0.25, 0.3) is 0 Å². The number of hydrogen-bond donors (Lipinski definition) is 1. The summed E-state index contributed by atoms with van der Waals surface area (Å²) in [6, 6.07) is 6.18. The number of alkyl halides is 3. The van der Waals surface area contributed by atoms with Crippen LogP contribution in [0.3, 0.4) is 0 Å². The van der Waals surface area contributed by atoms with Crippen molar-refractivity contribution in [3.63, 3.8) is 0 Å². The van der Waals surface area contributed by atoms with E-state index in [1.165, 1.54) is 19.2 Å². The third-order valence-electron chi connectivity index (χ3n) is 3.44. The van der Waals surface area contributed by atoms with Gasteiger partial charge in [0, 0.05) is 25.8 Å². The van der Waals surface area contributed by atoms with Crippen LogP contribution in [0, 0.1) is 10.1 Å². The summed E-state index contributed by atoms with van der Waals surface area (Å²) >= 11 is 5.74. The maximum Gasteiger partial charge on any atom is 0.416 e. The Morgan fingerprint density at radius 2 is 1.91 bits per heavy atom. The molecule has 0 unspecified atom stereocenters. The van der Waals surface area contributed by atoms with Crippen molar-refractivity contribution in [2.45, 2.75) is 13.1 Å². The van der Waals surface area contributed by atoms with Crippen molar-refractivity contribution in [1.82, 2.24) is 0 Å². The summed E-state index contributed by atoms with van der Waals surface area (Å²) in [6.45, 7) is 2.32. The number of nitro groups is 1. The molecule has 2 N–H and O–H groups in total. The minimum atomic E-state index is -4.51. The molecule has 0 amide bonds. The van der Waals surface area contributed by atoms with Crippen LogP contribution >= 0.6 is 11.6 Å². The molecule has 0 saturated carbocycles. The number of hydrogen-bond acceptors (Lipinski definition) is 8. The molecule has 0 aliphatic carbocycles. The zero-order chi connectivity index (χ0) is 24.3. The highest BCUT2D eigenvalue weighted by molar-refractivity contribution is 6.32. The second-order valence-corrected chi connectivity index (χ2v) is 6.19. The summed E-state index contributed by atoms with van der Waals surface area (Å²) in [5, 5.41) is 10.4. The highest BCUT2D eigenvalue weighted by Crippen LogP contribution is 2.37. The summed E-state index contributed by atoms with van der Waals surface area (Å²) in [5.74, 6) is -0.309. The predicted octanol–water partition coefficient (Wildman–Crippen LogP) is 4.81. The minimum Gasteiger partial charge on any atom is -0.456 e. The Morgan fingerprint density at radius 1 is 1.22 bits per heavy atom. The summed E-state index contributed by atoms with van der Waals surface area (Å²) in [5.41, 5.74) is 4.15. The molecule has 9 nitrogen and oxygen atoms in total. The van der Waals surface area contributed by atoms with Crippen molar-refractivity contribution in [3.05, 3.63) is 57.1 Å². The van der Waals surface area contributed by atoms with Crippen LogP contribution < -0.4 is 10.5 Å². The van der Waals surface area contributed by atoms with Gasteiger partial charge in [0.15, 0.2) is 6.79 Å². The molecule has 2 rings (SSSR count). The fourth-order valence-electron chi connectivity index (χ4n) is 2.00. The van der Waals surface area contributed by atoms with Gasteiger partial charge < -0.3 is 24.7 Å². The van der Waals surface area contributed by atoms with Gasteiger partial charge in [-0.3, -0.25) is 10.1 Å². The number of carbonyl (C=O) groups is 1. The maximum atomic E-state index is 12.5. The van der Waals surface area contributed by atoms with Gasteiger partial charge in [-0.05, 0) is 31.2 Å². The molecule has 0 radical (unpaired) electrons. The van der Waals surface area contributed by atoms with E-state index in [4.69, 9.17) is 26.8 Å². The van der Waals surface area contributed by atoms with Crippen molar-refractivity contribution in [2.75, 3.05) is 32.9 Å². The molecule has 0 fully saturated rings. The van der Waals surface area contributed by atoms with E-state index in [1.54, 1.807) is 0 Å². The molecule has 13 heteroatoms. The lowest BCUT2D eigenvalue weighted by Crippen LogP contribution is -2.13. The molecule has 0 saturated heterocycles. The first-order valence-electron chi connectivity index (χ1n) is 8.80. The molecule has 0 atom stereocenters. The number of anilines is 1. The van der Waals surface area contributed by atoms with E-state index < -0.39 is 22.6 Å². The number of halogens is 4. The van der Waals surface area contributed by atoms with Crippen LogP contribution in [0.1, 0.15) is 12.5 Å².